The van der Waals surface area contributed by atoms with E-state index in [1.54, 1.807) is 30.3 Å². The second-order valence-corrected chi connectivity index (χ2v) is 7.63. The lowest BCUT2D eigenvalue weighted by Gasteiger charge is -2.08. The van der Waals surface area contributed by atoms with E-state index < -0.39 is 17.8 Å². The van der Waals surface area contributed by atoms with Crippen molar-refractivity contribution in [1.82, 2.24) is 0 Å². The maximum atomic E-state index is 12.8. The summed E-state index contributed by atoms with van der Waals surface area (Å²) in [4.78, 5) is 40.4. The quantitative estimate of drug-likeness (QED) is 0.504. The summed E-state index contributed by atoms with van der Waals surface area (Å²) in [5, 5.41) is 13.5. The van der Waals surface area contributed by atoms with E-state index in [2.05, 4.69) is 26.2 Å². The van der Waals surface area contributed by atoms with Gasteiger partial charge in [-0.2, -0.15) is 0 Å². The van der Waals surface area contributed by atoms with Crippen LogP contribution in [0.1, 0.15) is 32.7 Å². The number of hydrogen-bond donors (Lipinski definition) is 1. The normalized spacial score (nSPS) is 11.3. The second kappa shape index (κ2) is 11.0. The van der Waals surface area contributed by atoms with Crippen LogP contribution < -0.4 is 10.4 Å². The van der Waals surface area contributed by atoms with Crippen LogP contribution in [-0.4, -0.2) is 23.5 Å². The topological polar surface area (TPSA) is 98.7 Å². The molecule has 0 radical (unpaired) electrons. The van der Waals surface area contributed by atoms with Crippen molar-refractivity contribution in [3.8, 4) is 0 Å². The van der Waals surface area contributed by atoms with Gasteiger partial charge in [0.05, 0.1) is 5.97 Å². The van der Waals surface area contributed by atoms with Crippen molar-refractivity contribution in [3.63, 3.8) is 0 Å². The summed E-state index contributed by atoms with van der Waals surface area (Å²) in [6.07, 6.45) is 3.71. The van der Waals surface area contributed by atoms with E-state index in [1.807, 2.05) is 36.4 Å². The third-order valence-electron chi connectivity index (χ3n) is 4.37. The molecule has 0 aliphatic carbocycles. The van der Waals surface area contributed by atoms with Crippen molar-refractivity contribution in [1.29, 1.82) is 0 Å². The largest absolute Gasteiger partial charge is 0.545 e. The highest BCUT2D eigenvalue weighted by Gasteiger charge is 2.14. The smallest absolute Gasteiger partial charge is 0.277 e. The van der Waals surface area contributed by atoms with Gasteiger partial charge in [-0.25, -0.2) is 4.99 Å². The van der Waals surface area contributed by atoms with Crippen LogP contribution in [0.25, 0.3) is 6.08 Å². The van der Waals surface area contributed by atoms with Gasteiger partial charge in [-0.3, -0.25) is 9.59 Å². The molecule has 0 aromatic heterocycles. The number of benzene rings is 3. The number of carboxylic acid groups (broad SMARTS) is 1. The Kier molecular flexibility index (Phi) is 7.83. The van der Waals surface area contributed by atoms with Crippen LogP contribution >= 0.6 is 15.9 Å². The Labute approximate surface area is 193 Å². The highest BCUT2D eigenvalue weighted by atomic mass is 79.9. The molecule has 0 heterocycles. The zero-order chi connectivity index (χ0) is 22.9. The molecular formula is C25H18BrN2O4-. The van der Waals surface area contributed by atoms with E-state index in [0.29, 0.717) is 11.3 Å². The van der Waals surface area contributed by atoms with Gasteiger partial charge in [0.2, 0.25) is 0 Å². The molecular weight excluding hydrogens is 472 g/mol. The molecule has 3 rings (SSSR count). The number of hydrogen-bond acceptors (Lipinski definition) is 4. The van der Waals surface area contributed by atoms with E-state index in [-0.39, 0.29) is 17.7 Å². The predicted molar refractivity (Wildman–Crippen MR) is 125 cm³/mol. The minimum atomic E-state index is -1.31. The monoisotopic (exact) mass is 489 g/mol. The summed E-state index contributed by atoms with van der Waals surface area (Å²) in [6, 6.07) is 21.8. The van der Waals surface area contributed by atoms with Gasteiger partial charge in [-0.05, 0) is 41.5 Å². The van der Waals surface area contributed by atoms with Crippen molar-refractivity contribution in [2.45, 2.75) is 6.42 Å². The standard InChI is InChI=1S/C25H19BrN2O4/c26-20-10-5-9-19(16-20)23(29)28-22(11-4-8-17-6-2-1-3-7-17)24(30)27-21-14-12-18(13-15-21)25(31)32/h1-10,12-16H,11H2,(H,27,30)(H,31,32)/p-1/b8-4+,28-22?. The Hall–Kier alpha value is -3.84. The first-order chi connectivity index (χ1) is 15.4. The molecule has 0 saturated carbocycles. The van der Waals surface area contributed by atoms with Crippen LogP contribution in [0.2, 0.25) is 0 Å². The maximum absolute atomic E-state index is 12.8. The molecule has 0 bridgehead atoms. The predicted octanol–water partition coefficient (Wildman–Crippen LogP) is 4.14. The molecule has 0 aliphatic rings. The number of anilines is 1. The number of carbonyl (C=O) groups is 3. The number of amides is 2. The molecule has 7 heteroatoms. The fourth-order valence-electron chi connectivity index (χ4n) is 2.76. The van der Waals surface area contributed by atoms with Crippen molar-refractivity contribution < 1.29 is 19.5 Å². The summed E-state index contributed by atoms with van der Waals surface area (Å²) in [7, 11) is 0. The molecule has 6 nitrogen and oxygen atoms in total. The number of carboxylic acids is 1. The summed E-state index contributed by atoms with van der Waals surface area (Å²) in [5.41, 5.74) is 1.67. The maximum Gasteiger partial charge on any atom is 0.277 e. The number of rotatable bonds is 7. The van der Waals surface area contributed by atoms with Crippen LogP contribution in [0.5, 0.6) is 0 Å². The van der Waals surface area contributed by atoms with Crippen LogP contribution in [0, 0.1) is 0 Å². The van der Waals surface area contributed by atoms with Crippen molar-refractivity contribution >= 4 is 51.2 Å². The van der Waals surface area contributed by atoms with Crippen molar-refractivity contribution in [2.24, 2.45) is 4.99 Å². The van der Waals surface area contributed by atoms with Crippen molar-refractivity contribution in [3.05, 3.63) is 106 Å². The molecule has 2 amide bonds. The number of nitrogens with zero attached hydrogens (tertiary/aromatic N) is 1. The van der Waals surface area contributed by atoms with Gasteiger partial charge in [0.25, 0.3) is 11.8 Å². The molecule has 0 fully saturated rings. The van der Waals surface area contributed by atoms with E-state index in [0.717, 1.165) is 10.0 Å². The minimum Gasteiger partial charge on any atom is -0.545 e. The first-order valence-electron chi connectivity index (χ1n) is 9.64. The first kappa shape index (κ1) is 22.8. The fraction of sp³-hybridized carbons (Fsp3) is 0.0400. The van der Waals surface area contributed by atoms with Gasteiger partial charge in [0, 0.05) is 22.1 Å². The Morgan fingerprint density at radius 3 is 2.28 bits per heavy atom. The molecule has 3 aromatic carbocycles. The Morgan fingerprint density at radius 1 is 0.906 bits per heavy atom. The zero-order valence-corrected chi connectivity index (χ0v) is 18.4. The Balaban J connectivity index is 1.82. The molecule has 0 spiro atoms. The second-order valence-electron chi connectivity index (χ2n) is 6.71. The number of aromatic carboxylic acids is 1. The summed E-state index contributed by atoms with van der Waals surface area (Å²) < 4.78 is 0.724. The van der Waals surface area contributed by atoms with Crippen LogP contribution in [0.3, 0.4) is 0 Å². The Morgan fingerprint density at radius 2 is 1.62 bits per heavy atom. The fourth-order valence-corrected chi connectivity index (χ4v) is 3.16. The number of aliphatic imine (C=N–C) groups is 1. The van der Waals surface area contributed by atoms with Gasteiger partial charge < -0.3 is 15.2 Å². The summed E-state index contributed by atoms with van der Waals surface area (Å²) >= 11 is 3.32. The van der Waals surface area contributed by atoms with Gasteiger partial charge in [0.1, 0.15) is 5.71 Å². The van der Waals surface area contributed by atoms with Gasteiger partial charge in [0.15, 0.2) is 0 Å². The van der Waals surface area contributed by atoms with Gasteiger partial charge in [-0.15, -0.1) is 0 Å². The molecule has 0 unspecified atom stereocenters. The first-order valence-corrected chi connectivity index (χ1v) is 10.4. The average Bonchev–Trinajstić information content (AvgIpc) is 2.79. The summed E-state index contributed by atoms with van der Waals surface area (Å²) in [6.45, 7) is 0. The Bertz CT molecular complexity index is 1190. The van der Waals surface area contributed by atoms with E-state index in [1.165, 1.54) is 24.3 Å². The molecule has 0 aliphatic heterocycles. The van der Waals surface area contributed by atoms with Gasteiger partial charge >= 0.3 is 0 Å². The van der Waals surface area contributed by atoms with Crippen LogP contribution in [0.15, 0.2) is 94.4 Å². The van der Waals surface area contributed by atoms with Crippen LogP contribution in [-0.2, 0) is 4.79 Å². The molecule has 160 valence electrons. The number of allylic oxidation sites excluding steroid dienone is 1. The van der Waals surface area contributed by atoms with E-state index >= 15 is 0 Å². The zero-order valence-electron chi connectivity index (χ0n) is 16.8. The van der Waals surface area contributed by atoms with Crippen molar-refractivity contribution in [2.75, 3.05) is 5.32 Å². The molecule has 1 N–H and O–H groups in total. The summed E-state index contributed by atoms with van der Waals surface area (Å²) in [5.74, 6) is -2.42. The third kappa shape index (κ3) is 6.58. The SMILES string of the molecule is O=C(Nc1ccc(C(=O)[O-])cc1)C(C/C=C/c1ccccc1)=NC(=O)c1cccc(Br)c1. The lowest BCUT2D eigenvalue weighted by atomic mass is 10.1. The molecule has 32 heavy (non-hydrogen) atoms. The lowest BCUT2D eigenvalue weighted by molar-refractivity contribution is -0.255. The van der Waals surface area contributed by atoms with Gasteiger partial charge in [-0.1, -0.05) is 76.6 Å². The molecule has 0 saturated heterocycles. The molecule has 0 atom stereocenters. The van der Waals surface area contributed by atoms with Crippen LogP contribution in [0.4, 0.5) is 5.69 Å². The number of carbonyl (C=O) groups excluding carboxylic acids is 3. The van der Waals surface area contributed by atoms with E-state index in [4.69, 9.17) is 0 Å². The van der Waals surface area contributed by atoms with E-state index in [9.17, 15) is 19.5 Å². The highest BCUT2D eigenvalue weighted by molar-refractivity contribution is 9.10. The third-order valence-corrected chi connectivity index (χ3v) is 4.86. The minimum absolute atomic E-state index is 0.00693. The number of nitrogens with one attached hydrogen (secondary N) is 1. The average molecular weight is 490 g/mol. The molecule has 3 aromatic rings. The lowest BCUT2D eigenvalue weighted by Crippen LogP contribution is -2.24. The number of halogens is 1. The highest BCUT2D eigenvalue weighted by Crippen LogP contribution is 2.14.